The number of H-pyrrole nitrogens is 1. The number of nitrogens with one attached hydrogen (secondary N) is 2. The minimum Gasteiger partial charge on any atom is -0.338 e. The maximum absolute atomic E-state index is 13.4. The van der Waals surface area contributed by atoms with Gasteiger partial charge in [-0.05, 0) is 42.5 Å². The minimum atomic E-state index is -4.60. The van der Waals surface area contributed by atoms with Crippen LogP contribution in [0.15, 0.2) is 60.9 Å². The van der Waals surface area contributed by atoms with E-state index in [1.165, 1.54) is 18.3 Å². The number of rotatable bonds is 3. The molecule has 0 saturated carbocycles. The average molecular weight is 417 g/mol. The number of nitrogens with zero attached hydrogens (tertiary/aromatic N) is 2. The van der Waals surface area contributed by atoms with E-state index in [1.54, 1.807) is 36.5 Å². The average Bonchev–Trinajstić information content (AvgIpc) is 3.13. The predicted octanol–water partition coefficient (Wildman–Crippen LogP) is 5.55. The fraction of sp³-hybridized carbons (Fsp3) is 0.0500. The van der Waals surface area contributed by atoms with E-state index in [0.717, 1.165) is 6.07 Å². The zero-order valence-electron chi connectivity index (χ0n) is 14.6. The number of hydrogen-bond acceptors (Lipinski definition) is 3. The van der Waals surface area contributed by atoms with Crippen LogP contribution in [0, 0.1) is 0 Å². The molecule has 2 aromatic heterocycles. The van der Waals surface area contributed by atoms with E-state index < -0.39 is 17.6 Å². The highest BCUT2D eigenvalue weighted by molar-refractivity contribution is 6.30. The Morgan fingerprint density at radius 1 is 1.10 bits per heavy atom. The van der Waals surface area contributed by atoms with Crippen LogP contribution in [0.1, 0.15) is 15.9 Å². The fourth-order valence-corrected chi connectivity index (χ4v) is 3.08. The van der Waals surface area contributed by atoms with Crippen molar-refractivity contribution < 1.29 is 18.0 Å². The molecule has 0 aliphatic rings. The van der Waals surface area contributed by atoms with Gasteiger partial charge in [0.05, 0.1) is 22.3 Å². The largest absolute Gasteiger partial charge is 0.417 e. The van der Waals surface area contributed by atoms with Crippen LogP contribution in [0.4, 0.5) is 18.9 Å². The van der Waals surface area contributed by atoms with Crippen molar-refractivity contribution in [2.24, 2.45) is 0 Å². The third-order valence-corrected chi connectivity index (χ3v) is 4.46. The topological polar surface area (TPSA) is 70.7 Å². The number of fused-ring (bicyclic) bond motifs is 1. The lowest BCUT2D eigenvalue weighted by Crippen LogP contribution is -2.12. The van der Waals surface area contributed by atoms with Gasteiger partial charge in [0.2, 0.25) is 0 Å². The minimum absolute atomic E-state index is 0.0204. The summed E-state index contributed by atoms with van der Waals surface area (Å²) in [5.74, 6) is -0.385. The fourth-order valence-electron chi connectivity index (χ4n) is 2.91. The molecule has 0 bridgehead atoms. The molecule has 5 nitrogen and oxygen atoms in total. The van der Waals surface area contributed by atoms with Crippen molar-refractivity contribution in [1.82, 2.24) is 15.0 Å². The number of anilines is 1. The van der Waals surface area contributed by atoms with Crippen molar-refractivity contribution >= 4 is 34.2 Å². The molecule has 146 valence electrons. The molecular weight excluding hydrogens is 405 g/mol. The first-order valence-electron chi connectivity index (χ1n) is 8.40. The lowest BCUT2D eigenvalue weighted by atomic mass is 10.1. The van der Waals surface area contributed by atoms with Crippen LogP contribution in [0.5, 0.6) is 0 Å². The van der Waals surface area contributed by atoms with Gasteiger partial charge >= 0.3 is 6.18 Å². The number of carbonyl (C=O) groups is 1. The Bertz CT molecular complexity index is 1210. The smallest absolute Gasteiger partial charge is 0.338 e. The molecular formula is C20H12ClF3N4O. The van der Waals surface area contributed by atoms with E-state index in [4.69, 9.17) is 11.6 Å². The van der Waals surface area contributed by atoms with Crippen LogP contribution in [-0.2, 0) is 6.18 Å². The van der Waals surface area contributed by atoms with Crippen molar-refractivity contribution in [3.63, 3.8) is 0 Å². The summed E-state index contributed by atoms with van der Waals surface area (Å²) in [5.41, 5.74) is 0.487. The maximum Gasteiger partial charge on any atom is 0.417 e. The summed E-state index contributed by atoms with van der Waals surface area (Å²) >= 11 is 5.75. The Kier molecular flexibility index (Phi) is 4.71. The lowest BCUT2D eigenvalue weighted by Gasteiger charge is -2.11. The highest BCUT2D eigenvalue weighted by atomic mass is 35.5. The van der Waals surface area contributed by atoms with E-state index >= 15 is 0 Å². The van der Waals surface area contributed by atoms with Gasteiger partial charge in [-0.25, -0.2) is 4.98 Å². The summed E-state index contributed by atoms with van der Waals surface area (Å²) in [4.78, 5) is 23.5. The predicted molar refractivity (Wildman–Crippen MR) is 104 cm³/mol. The van der Waals surface area contributed by atoms with Crippen LogP contribution < -0.4 is 5.32 Å². The molecule has 0 fully saturated rings. The molecule has 2 N–H and O–H groups in total. The number of pyridine rings is 1. The molecule has 0 aliphatic carbocycles. The summed E-state index contributed by atoms with van der Waals surface area (Å²) in [6.07, 6.45) is -1.65. The third-order valence-electron chi connectivity index (χ3n) is 4.23. The summed E-state index contributed by atoms with van der Waals surface area (Å²) < 4.78 is 40.3. The molecule has 4 rings (SSSR count). The second-order valence-electron chi connectivity index (χ2n) is 6.17. The van der Waals surface area contributed by atoms with Crippen molar-refractivity contribution in [2.75, 3.05) is 5.32 Å². The standard InChI is InChI=1S/C20H12ClF3N4O/c21-12-6-7-13(14(9-12)20(22,23)24)18-26-15-4-1-5-16(17(15)28-18)27-19(29)11-3-2-8-25-10-11/h1-10H,(H,26,28)(H,27,29). The van der Waals surface area contributed by atoms with Gasteiger partial charge in [-0.15, -0.1) is 0 Å². The van der Waals surface area contributed by atoms with Crippen molar-refractivity contribution in [1.29, 1.82) is 0 Å². The van der Waals surface area contributed by atoms with E-state index in [-0.39, 0.29) is 16.4 Å². The number of benzene rings is 2. The highest BCUT2D eigenvalue weighted by Gasteiger charge is 2.34. The van der Waals surface area contributed by atoms with Gasteiger partial charge in [-0.2, -0.15) is 13.2 Å². The molecule has 0 saturated heterocycles. The van der Waals surface area contributed by atoms with E-state index in [9.17, 15) is 18.0 Å². The van der Waals surface area contributed by atoms with Gasteiger partial charge in [0, 0.05) is 23.0 Å². The van der Waals surface area contributed by atoms with E-state index in [1.807, 2.05) is 0 Å². The van der Waals surface area contributed by atoms with Crippen LogP contribution in [0.3, 0.4) is 0 Å². The summed E-state index contributed by atoms with van der Waals surface area (Å²) in [6.45, 7) is 0. The first-order chi connectivity index (χ1) is 13.8. The van der Waals surface area contributed by atoms with Crippen molar-refractivity contribution in [3.8, 4) is 11.4 Å². The monoisotopic (exact) mass is 416 g/mol. The zero-order valence-corrected chi connectivity index (χ0v) is 15.3. The molecule has 0 spiro atoms. The van der Waals surface area contributed by atoms with E-state index in [0.29, 0.717) is 22.3 Å². The van der Waals surface area contributed by atoms with E-state index in [2.05, 4.69) is 20.3 Å². The van der Waals surface area contributed by atoms with Gasteiger partial charge in [-0.1, -0.05) is 17.7 Å². The van der Waals surface area contributed by atoms with Crippen LogP contribution >= 0.6 is 11.6 Å². The first-order valence-corrected chi connectivity index (χ1v) is 8.78. The number of aromatic amines is 1. The lowest BCUT2D eigenvalue weighted by molar-refractivity contribution is -0.137. The Labute approximate surface area is 167 Å². The molecule has 29 heavy (non-hydrogen) atoms. The number of imidazole rings is 1. The molecule has 0 atom stereocenters. The molecule has 9 heteroatoms. The quantitative estimate of drug-likeness (QED) is 0.460. The molecule has 0 unspecified atom stereocenters. The second-order valence-corrected chi connectivity index (χ2v) is 6.61. The number of alkyl halides is 3. The van der Waals surface area contributed by atoms with Crippen molar-refractivity contribution in [3.05, 3.63) is 77.1 Å². The SMILES string of the molecule is O=C(Nc1cccc2[nH]c(-c3ccc(Cl)cc3C(F)(F)F)nc12)c1cccnc1. The molecule has 2 aromatic carbocycles. The van der Waals surface area contributed by atoms with Gasteiger partial charge in [0.1, 0.15) is 11.3 Å². The first kappa shape index (κ1) is 18.9. The Morgan fingerprint density at radius 2 is 1.93 bits per heavy atom. The summed E-state index contributed by atoms with van der Waals surface area (Å²) in [7, 11) is 0. The van der Waals surface area contributed by atoms with Gasteiger partial charge in [0.25, 0.3) is 5.91 Å². The number of carbonyl (C=O) groups excluding carboxylic acids is 1. The Morgan fingerprint density at radius 3 is 2.66 bits per heavy atom. The number of aromatic nitrogens is 3. The second kappa shape index (κ2) is 7.21. The molecule has 0 radical (unpaired) electrons. The van der Waals surface area contributed by atoms with Crippen LogP contribution in [0.2, 0.25) is 5.02 Å². The zero-order chi connectivity index (χ0) is 20.6. The summed E-state index contributed by atoms with van der Waals surface area (Å²) in [6, 6.07) is 11.7. The van der Waals surface area contributed by atoms with Gasteiger partial charge in [0.15, 0.2) is 0 Å². The Balaban J connectivity index is 1.77. The number of amides is 1. The third kappa shape index (κ3) is 3.79. The summed E-state index contributed by atoms with van der Waals surface area (Å²) in [5, 5.41) is 2.69. The molecule has 1 amide bonds. The highest BCUT2D eigenvalue weighted by Crippen LogP contribution is 2.38. The van der Waals surface area contributed by atoms with Crippen LogP contribution in [-0.4, -0.2) is 20.9 Å². The van der Waals surface area contributed by atoms with Crippen LogP contribution in [0.25, 0.3) is 22.4 Å². The molecule has 4 aromatic rings. The number of para-hydroxylation sites is 1. The van der Waals surface area contributed by atoms with Gasteiger partial charge in [-0.3, -0.25) is 9.78 Å². The van der Waals surface area contributed by atoms with Gasteiger partial charge < -0.3 is 10.3 Å². The molecule has 0 aliphatic heterocycles. The number of halogens is 4. The maximum atomic E-state index is 13.4. The molecule has 2 heterocycles. The Hall–Kier alpha value is -3.39. The normalized spacial score (nSPS) is 11.6. The van der Waals surface area contributed by atoms with Crippen molar-refractivity contribution in [2.45, 2.75) is 6.18 Å². The number of hydrogen-bond donors (Lipinski definition) is 2.